The van der Waals surface area contributed by atoms with Gasteiger partial charge in [-0.3, -0.25) is 4.79 Å². The monoisotopic (exact) mass is 499 g/mol. The quantitative estimate of drug-likeness (QED) is 0.212. The Hall–Kier alpha value is -1.92. The Balaban J connectivity index is 1.69. The predicted molar refractivity (Wildman–Crippen MR) is 146 cm³/mol. The molecule has 1 aliphatic heterocycles. The van der Waals surface area contributed by atoms with Crippen molar-refractivity contribution >= 4 is 35.5 Å². The second-order valence-electron chi connectivity index (χ2n) is 10.0. The largest absolute Gasteiger partial charge is 0.356 e. The van der Waals surface area contributed by atoms with Gasteiger partial charge in [-0.25, -0.2) is 9.28 Å². The van der Waals surface area contributed by atoms with Crippen LogP contribution in [0.1, 0.15) is 77.2 Å². The zero-order valence-electron chi connectivity index (χ0n) is 21.5. The molecule has 3 rings (SSSR count). The summed E-state index contributed by atoms with van der Waals surface area (Å²) in [5, 5.41) is 5.23. The Morgan fingerprint density at radius 3 is 2.57 bits per heavy atom. The second kappa shape index (κ2) is 14.0. The molecule has 2 atom stereocenters. The van der Waals surface area contributed by atoms with Gasteiger partial charge in [0.05, 0.1) is 13.0 Å². The number of aryl methyl sites for hydroxylation is 1. The van der Waals surface area contributed by atoms with E-state index in [2.05, 4.69) is 54.9 Å². The van der Waals surface area contributed by atoms with Crippen molar-refractivity contribution in [1.29, 1.82) is 0 Å². The fourth-order valence-corrected chi connectivity index (χ4v) is 6.70. The van der Waals surface area contributed by atoms with Crippen molar-refractivity contribution in [3.8, 4) is 0 Å². The molecule has 1 fully saturated rings. The van der Waals surface area contributed by atoms with E-state index in [-0.39, 0.29) is 17.9 Å². The van der Waals surface area contributed by atoms with Crippen molar-refractivity contribution in [2.75, 3.05) is 18.8 Å². The van der Waals surface area contributed by atoms with Crippen LogP contribution >= 0.6 is 11.8 Å². The third-order valence-corrected chi connectivity index (χ3v) is 8.88. The summed E-state index contributed by atoms with van der Waals surface area (Å²) in [5.41, 5.74) is 2.39. The zero-order chi connectivity index (χ0) is 25.1. The highest BCUT2D eigenvalue weighted by Crippen LogP contribution is 2.39. The van der Waals surface area contributed by atoms with Crippen LogP contribution in [0.25, 0.3) is 0 Å². The highest BCUT2D eigenvalue weighted by molar-refractivity contribution is 8.02. The van der Waals surface area contributed by atoms with Crippen LogP contribution < -0.4 is 9.80 Å². The number of hydrogen-bond donors (Lipinski definition) is 1. The van der Waals surface area contributed by atoms with Gasteiger partial charge in [0, 0.05) is 43.5 Å². The normalized spacial score (nSPS) is 23.5. The standard InChI is InChI=1S/C29H42N2O3S/c1-3-23-10-9-11-27(20-23)31(4-2,28(33)21-24-16-19-35-22-24)26-14-12-25(13-15-26)29(34)30-17-7-5-6-8-18-32/h9-11,16,18-20,24-26H,3-8,12-15,17,21-22H2,1-2H3/p+1/t24?,25-,26-,31?. The topological polar surface area (TPSA) is 63.2 Å². The molecule has 1 aromatic rings. The molecule has 192 valence electrons. The number of rotatable bonds is 13. The Kier molecular flexibility index (Phi) is 11.1. The summed E-state index contributed by atoms with van der Waals surface area (Å²) >= 11 is 1.80. The maximum absolute atomic E-state index is 14.0. The molecular formula is C29H43N2O3S+. The highest BCUT2D eigenvalue weighted by atomic mass is 32.2. The predicted octanol–water partition coefficient (Wildman–Crippen LogP) is 5.80. The van der Waals surface area contributed by atoms with Crippen LogP contribution in [0.2, 0.25) is 0 Å². The van der Waals surface area contributed by atoms with E-state index < -0.39 is 0 Å². The number of carbonyl (C=O) groups excluding carboxylic acids is 3. The molecule has 1 aromatic carbocycles. The summed E-state index contributed by atoms with van der Waals surface area (Å²) in [7, 11) is 0. The molecule has 1 heterocycles. The van der Waals surface area contributed by atoms with Crippen LogP contribution in [-0.4, -0.2) is 43.0 Å². The Morgan fingerprint density at radius 2 is 1.91 bits per heavy atom. The van der Waals surface area contributed by atoms with E-state index >= 15 is 0 Å². The fourth-order valence-electron chi connectivity index (χ4n) is 5.78. The third kappa shape index (κ3) is 7.07. The molecule has 0 bridgehead atoms. The van der Waals surface area contributed by atoms with Crippen LogP contribution in [-0.2, 0) is 20.8 Å². The van der Waals surface area contributed by atoms with Gasteiger partial charge in [0.2, 0.25) is 5.91 Å². The maximum atomic E-state index is 14.0. The Bertz CT molecular complexity index is 878. The lowest BCUT2D eigenvalue weighted by molar-refractivity contribution is -0.134. The zero-order valence-corrected chi connectivity index (χ0v) is 22.4. The van der Waals surface area contributed by atoms with Crippen molar-refractivity contribution in [1.82, 2.24) is 9.80 Å². The fraction of sp³-hybridized carbons (Fsp3) is 0.621. The number of allylic oxidation sites excluding steroid dienone is 1. The first-order valence-corrected chi connectivity index (χ1v) is 14.6. The molecule has 1 aliphatic carbocycles. The lowest BCUT2D eigenvalue weighted by Crippen LogP contribution is -2.62. The molecule has 35 heavy (non-hydrogen) atoms. The summed E-state index contributed by atoms with van der Waals surface area (Å²) in [6, 6.07) is 8.84. The molecule has 0 radical (unpaired) electrons. The van der Waals surface area contributed by atoms with E-state index in [1.165, 1.54) is 5.56 Å². The number of unbranched alkanes of at least 4 members (excludes halogenated alkanes) is 3. The molecule has 1 N–H and O–H groups in total. The summed E-state index contributed by atoms with van der Waals surface area (Å²) in [6.45, 7) is 5.74. The number of thioether (sulfide) groups is 1. The molecule has 0 saturated heterocycles. The molecule has 2 aliphatic rings. The first-order valence-electron chi connectivity index (χ1n) is 13.5. The number of aldehydes is 1. The Morgan fingerprint density at radius 1 is 1.11 bits per heavy atom. The number of quaternary nitrogens is 1. The van der Waals surface area contributed by atoms with Crippen LogP contribution in [0, 0.1) is 11.8 Å². The molecule has 6 heteroatoms. The van der Waals surface area contributed by atoms with E-state index in [1.807, 2.05) is 0 Å². The molecule has 0 aromatic heterocycles. The number of benzene rings is 1. The second-order valence-corrected chi connectivity index (χ2v) is 11.0. The summed E-state index contributed by atoms with van der Waals surface area (Å²) in [6.07, 6.45) is 11.5. The number of amides is 2. The van der Waals surface area contributed by atoms with E-state index in [4.69, 9.17) is 0 Å². The smallest absolute Gasteiger partial charge is 0.319 e. The average Bonchev–Trinajstić information content (AvgIpc) is 3.40. The van der Waals surface area contributed by atoms with Crippen molar-refractivity contribution in [2.45, 2.75) is 84.1 Å². The summed E-state index contributed by atoms with van der Waals surface area (Å²) in [4.78, 5) is 37.3. The number of nitrogens with one attached hydrogen (secondary N) is 1. The number of hydrogen-bond acceptors (Lipinski definition) is 4. The van der Waals surface area contributed by atoms with Gasteiger partial charge >= 0.3 is 5.91 Å². The van der Waals surface area contributed by atoms with Gasteiger partial charge in [0.1, 0.15) is 18.0 Å². The van der Waals surface area contributed by atoms with E-state index in [9.17, 15) is 14.4 Å². The van der Waals surface area contributed by atoms with Crippen molar-refractivity contribution in [3.05, 3.63) is 41.3 Å². The van der Waals surface area contributed by atoms with Gasteiger partial charge in [-0.2, -0.15) is 0 Å². The highest BCUT2D eigenvalue weighted by Gasteiger charge is 2.47. The van der Waals surface area contributed by atoms with Crippen LogP contribution in [0.4, 0.5) is 5.69 Å². The maximum Gasteiger partial charge on any atom is 0.319 e. The molecule has 0 spiro atoms. The van der Waals surface area contributed by atoms with Gasteiger partial charge in [-0.05, 0) is 62.0 Å². The van der Waals surface area contributed by atoms with Gasteiger partial charge in [-0.1, -0.05) is 31.6 Å². The van der Waals surface area contributed by atoms with Crippen molar-refractivity contribution < 1.29 is 14.4 Å². The van der Waals surface area contributed by atoms with E-state index in [1.54, 1.807) is 11.8 Å². The lowest BCUT2D eigenvalue weighted by atomic mass is 9.82. The van der Waals surface area contributed by atoms with E-state index in [0.29, 0.717) is 35.7 Å². The first kappa shape index (κ1) is 27.7. The molecule has 5 nitrogen and oxygen atoms in total. The van der Waals surface area contributed by atoms with E-state index in [0.717, 1.165) is 75.6 Å². The van der Waals surface area contributed by atoms with Crippen molar-refractivity contribution in [3.63, 3.8) is 0 Å². The first-order chi connectivity index (χ1) is 17.0. The number of nitrogens with zero attached hydrogens (tertiary/aromatic N) is 1. The molecule has 2 unspecified atom stereocenters. The van der Waals surface area contributed by atoms with Crippen LogP contribution in [0.5, 0.6) is 0 Å². The number of carbonyl (C=O) groups is 3. The van der Waals surface area contributed by atoms with Crippen molar-refractivity contribution in [2.24, 2.45) is 11.8 Å². The molecule has 2 amide bonds. The molecular weight excluding hydrogens is 456 g/mol. The minimum Gasteiger partial charge on any atom is -0.356 e. The van der Waals surface area contributed by atoms with Crippen LogP contribution in [0.15, 0.2) is 35.7 Å². The average molecular weight is 500 g/mol. The van der Waals surface area contributed by atoms with Gasteiger partial charge < -0.3 is 10.1 Å². The summed E-state index contributed by atoms with van der Waals surface area (Å²) < 4.78 is 0.411. The Labute approximate surface area is 215 Å². The lowest BCUT2D eigenvalue weighted by Gasteiger charge is -2.44. The third-order valence-electron chi connectivity index (χ3n) is 7.91. The summed E-state index contributed by atoms with van der Waals surface area (Å²) in [5.74, 6) is 1.82. The minimum atomic E-state index is 0.0335. The molecule has 1 saturated carbocycles. The minimum absolute atomic E-state index is 0.0335. The van der Waals surface area contributed by atoms with Crippen LogP contribution in [0.3, 0.4) is 0 Å². The van der Waals surface area contributed by atoms with Gasteiger partial charge in [0.15, 0.2) is 0 Å². The SMILES string of the molecule is CCc1cccc([N+](CC)(C(=O)CC2C=CSC2)[C@H]2CC[C@H](C(=O)NCCCCCC=O)CC2)c1. The van der Waals surface area contributed by atoms with Gasteiger partial charge in [-0.15, -0.1) is 11.8 Å². The van der Waals surface area contributed by atoms with Gasteiger partial charge in [0.25, 0.3) is 0 Å².